The standard InChI is InChI=1S/C15H29N3O2/c1-20-9-8-18-7-3-5-13(18)11-17-15(19)14-6-2-4-12(14)10-16/h12-14H,2-11,16H2,1H3,(H,17,19)/t12-,13?,14-/m1/s1. The zero-order chi connectivity index (χ0) is 14.4. The molecular weight excluding hydrogens is 254 g/mol. The quantitative estimate of drug-likeness (QED) is 0.717. The summed E-state index contributed by atoms with van der Waals surface area (Å²) in [6.07, 6.45) is 5.65. The highest BCUT2D eigenvalue weighted by molar-refractivity contribution is 5.79. The number of hydrogen-bond acceptors (Lipinski definition) is 4. The molecule has 1 aliphatic heterocycles. The van der Waals surface area contributed by atoms with E-state index in [1.165, 1.54) is 12.8 Å². The van der Waals surface area contributed by atoms with Crippen LogP contribution in [0, 0.1) is 11.8 Å². The number of hydrogen-bond donors (Lipinski definition) is 2. The highest BCUT2D eigenvalue weighted by atomic mass is 16.5. The molecule has 5 nitrogen and oxygen atoms in total. The van der Waals surface area contributed by atoms with Gasteiger partial charge in [0.25, 0.3) is 0 Å². The number of methoxy groups -OCH3 is 1. The van der Waals surface area contributed by atoms with E-state index in [2.05, 4.69) is 10.2 Å². The fourth-order valence-electron chi connectivity index (χ4n) is 3.64. The zero-order valence-electron chi connectivity index (χ0n) is 12.6. The third kappa shape index (κ3) is 3.93. The van der Waals surface area contributed by atoms with Crippen LogP contribution in [0.4, 0.5) is 0 Å². The van der Waals surface area contributed by atoms with Gasteiger partial charge in [0.05, 0.1) is 6.61 Å². The van der Waals surface area contributed by atoms with E-state index < -0.39 is 0 Å². The number of nitrogens with two attached hydrogens (primary N) is 1. The summed E-state index contributed by atoms with van der Waals surface area (Å²) in [6.45, 7) is 4.27. The van der Waals surface area contributed by atoms with E-state index in [4.69, 9.17) is 10.5 Å². The maximum Gasteiger partial charge on any atom is 0.223 e. The lowest BCUT2D eigenvalue weighted by Crippen LogP contribution is -2.44. The molecule has 2 rings (SSSR count). The van der Waals surface area contributed by atoms with Gasteiger partial charge in [-0.1, -0.05) is 6.42 Å². The van der Waals surface area contributed by atoms with Gasteiger partial charge >= 0.3 is 0 Å². The van der Waals surface area contributed by atoms with Crippen molar-refractivity contribution in [3.8, 4) is 0 Å². The van der Waals surface area contributed by atoms with Gasteiger partial charge in [-0.15, -0.1) is 0 Å². The summed E-state index contributed by atoms with van der Waals surface area (Å²) in [5.74, 6) is 0.758. The van der Waals surface area contributed by atoms with Crippen molar-refractivity contribution in [3.63, 3.8) is 0 Å². The second-order valence-corrected chi connectivity index (χ2v) is 6.10. The second kappa shape index (κ2) is 7.96. The van der Waals surface area contributed by atoms with Crippen molar-refractivity contribution in [2.75, 3.05) is 39.9 Å². The Bertz CT molecular complexity index is 311. The first kappa shape index (κ1) is 15.7. The lowest BCUT2D eigenvalue weighted by atomic mass is 9.95. The molecule has 0 radical (unpaired) electrons. The number of nitrogens with zero attached hydrogens (tertiary/aromatic N) is 1. The van der Waals surface area contributed by atoms with Gasteiger partial charge in [0.15, 0.2) is 0 Å². The fourth-order valence-corrected chi connectivity index (χ4v) is 3.64. The average molecular weight is 283 g/mol. The van der Waals surface area contributed by atoms with E-state index >= 15 is 0 Å². The highest BCUT2D eigenvalue weighted by Gasteiger charge is 2.32. The molecule has 1 heterocycles. The largest absolute Gasteiger partial charge is 0.383 e. The van der Waals surface area contributed by atoms with Crippen molar-refractivity contribution in [3.05, 3.63) is 0 Å². The molecule has 0 bridgehead atoms. The van der Waals surface area contributed by atoms with Crippen LogP contribution in [0.15, 0.2) is 0 Å². The Morgan fingerprint density at radius 2 is 2.20 bits per heavy atom. The molecule has 116 valence electrons. The SMILES string of the molecule is COCCN1CCCC1CNC(=O)[C@@H]1CCC[C@@H]1CN. The summed E-state index contributed by atoms with van der Waals surface area (Å²) < 4.78 is 5.14. The predicted octanol–water partition coefficient (Wildman–Crippen LogP) is 0.588. The molecule has 5 heteroatoms. The van der Waals surface area contributed by atoms with Crippen molar-refractivity contribution in [1.29, 1.82) is 0 Å². The lowest BCUT2D eigenvalue weighted by Gasteiger charge is -2.25. The summed E-state index contributed by atoms with van der Waals surface area (Å²) in [4.78, 5) is 14.7. The fraction of sp³-hybridized carbons (Fsp3) is 0.933. The minimum Gasteiger partial charge on any atom is -0.383 e. The van der Waals surface area contributed by atoms with Gasteiger partial charge in [0.1, 0.15) is 0 Å². The molecule has 0 aromatic carbocycles. The number of nitrogens with one attached hydrogen (secondary N) is 1. The third-order valence-electron chi connectivity index (χ3n) is 4.89. The Morgan fingerprint density at radius 1 is 1.35 bits per heavy atom. The van der Waals surface area contributed by atoms with E-state index in [0.29, 0.717) is 18.5 Å². The topological polar surface area (TPSA) is 67.6 Å². The maximum absolute atomic E-state index is 12.3. The van der Waals surface area contributed by atoms with E-state index in [9.17, 15) is 4.79 Å². The zero-order valence-corrected chi connectivity index (χ0v) is 12.6. The molecule has 1 aliphatic carbocycles. The summed E-state index contributed by atoms with van der Waals surface area (Å²) in [6, 6.07) is 0.479. The first-order valence-corrected chi connectivity index (χ1v) is 7.97. The number of ether oxygens (including phenoxy) is 1. The third-order valence-corrected chi connectivity index (χ3v) is 4.89. The molecule has 20 heavy (non-hydrogen) atoms. The van der Waals surface area contributed by atoms with Gasteiger partial charge in [0, 0.05) is 32.2 Å². The van der Waals surface area contributed by atoms with Crippen LogP contribution in [0.2, 0.25) is 0 Å². The van der Waals surface area contributed by atoms with Gasteiger partial charge in [-0.25, -0.2) is 0 Å². The Balaban J connectivity index is 1.75. The summed E-state index contributed by atoms with van der Waals surface area (Å²) in [5.41, 5.74) is 5.76. The van der Waals surface area contributed by atoms with Crippen LogP contribution < -0.4 is 11.1 Å². The van der Waals surface area contributed by atoms with Crippen molar-refractivity contribution < 1.29 is 9.53 Å². The van der Waals surface area contributed by atoms with Crippen LogP contribution in [0.5, 0.6) is 0 Å². The van der Waals surface area contributed by atoms with E-state index in [1.54, 1.807) is 7.11 Å². The maximum atomic E-state index is 12.3. The molecule has 1 saturated heterocycles. The monoisotopic (exact) mass is 283 g/mol. The minimum atomic E-state index is 0.147. The highest BCUT2D eigenvalue weighted by Crippen LogP contribution is 2.31. The molecule has 2 aliphatic rings. The smallest absolute Gasteiger partial charge is 0.223 e. The molecule has 3 N–H and O–H groups in total. The average Bonchev–Trinajstić information content (AvgIpc) is 3.10. The van der Waals surface area contributed by atoms with Gasteiger partial charge in [0.2, 0.25) is 5.91 Å². The number of amides is 1. The normalized spacial score (nSPS) is 30.8. The molecule has 1 saturated carbocycles. The first-order chi connectivity index (χ1) is 9.76. The van der Waals surface area contributed by atoms with Gasteiger partial charge in [-0.2, -0.15) is 0 Å². The van der Waals surface area contributed by atoms with Crippen LogP contribution >= 0.6 is 0 Å². The molecule has 3 atom stereocenters. The Kier molecular flexibility index (Phi) is 6.26. The van der Waals surface area contributed by atoms with Crippen molar-refractivity contribution >= 4 is 5.91 Å². The summed E-state index contributed by atoms with van der Waals surface area (Å²) >= 11 is 0. The van der Waals surface area contributed by atoms with Crippen molar-refractivity contribution in [2.24, 2.45) is 17.6 Å². The number of rotatable bonds is 7. The van der Waals surface area contributed by atoms with Gasteiger partial charge < -0.3 is 15.8 Å². The van der Waals surface area contributed by atoms with Crippen molar-refractivity contribution in [2.45, 2.75) is 38.1 Å². The predicted molar refractivity (Wildman–Crippen MR) is 79.4 cm³/mol. The van der Waals surface area contributed by atoms with Crippen LogP contribution in [0.1, 0.15) is 32.1 Å². The second-order valence-electron chi connectivity index (χ2n) is 6.10. The van der Waals surface area contributed by atoms with E-state index in [-0.39, 0.29) is 11.8 Å². The van der Waals surface area contributed by atoms with Crippen LogP contribution in [0.3, 0.4) is 0 Å². The summed E-state index contributed by atoms with van der Waals surface area (Å²) in [7, 11) is 1.74. The Labute approximate surface area is 122 Å². The number of carbonyl (C=O) groups is 1. The van der Waals surface area contributed by atoms with E-state index in [1.807, 2.05) is 0 Å². The molecule has 1 amide bonds. The minimum absolute atomic E-state index is 0.147. The van der Waals surface area contributed by atoms with Gasteiger partial charge in [-0.3, -0.25) is 9.69 Å². The molecule has 0 aromatic rings. The first-order valence-electron chi connectivity index (χ1n) is 7.97. The Hall–Kier alpha value is -0.650. The van der Waals surface area contributed by atoms with Crippen LogP contribution in [-0.2, 0) is 9.53 Å². The van der Waals surface area contributed by atoms with Crippen LogP contribution in [0.25, 0.3) is 0 Å². The lowest BCUT2D eigenvalue weighted by molar-refractivity contribution is -0.126. The Morgan fingerprint density at radius 3 is 2.95 bits per heavy atom. The van der Waals surface area contributed by atoms with E-state index in [0.717, 1.165) is 45.5 Å². The van der Waals surface area contributed by atoms with Gasteiger partial charge in [-0.05, 0) is 44.7 Å². The molecule has 2 fully saturated rings. The molecule has 0 aromatic heterocycles. The number of likely N-dealkylation sites (tertiary alicyclic amines) is 1. The molecule has 1 unspecified atom stereocenters. The number of carbonyl (C=O) groups excluding carboxylic acids is 1. The van der Waals surface area contributed by atoms with Crippen LogP contribution in [-0.4, -0.2) is 56.7 Å². The van der Waals surface area contributed by atoms with Crippen molar-refractivity contribution in [1.82, 2.24) is 10.2 Å². The molecular formula is C15H29N3O2. The molecule has 0 spiro atoms. The summed E-state index contributed by atoms with van der Waals surface area (Å²) in [5, 5.41) is 3.16.